The van der Waals surface area contributed by atoms with Crippen molar-refractivity contribution in [2.75, 3.05) is 23.4 Å². The summed E-state index contributed by atoms with van der Waals surface area (Å²) in [6.45, 7) is 1.60. The number of carboxylic acid groups (broad SMARTS) is 1. The van der Waals surface area contributed by atoms with E-state index < -0.39 is 18.6 Å². The van der Waals surface area contributed by atoms with E-state index in [1.165, 1.54) is 5.38 Å². The maximum Gasteiger partial charge on any atom is 0.416 e. The smallest absolute Gasteiger partial charge is 0.416 e. The van der Waals surface area contributed by atoms with Crippen LogP contribution in [0.15, 0.2) is 5.38 Å². The zero-order valence-corrected chi connectivity index (χ0v) is 11.7. The van der Waals surface area contributed by atoms with Crippen LogP contribution in [0.2, 0.25) is 0 Å². The van der Waals surface area contributed by atoms with Gasteiger partial charge in [-0.25, -0.2) is 14.7 Å². The summed E-state index contributed by atoms with van der Waals surface area (Å²) in [5, 5.41) is 12.9. The summed E-state index contributed by atoms with van der Waals surface area (Å²) in [7, 11) is 0. The second-order valence-corrected chi connectivity index (χ2v) is 4.58. The lowest BCUT2D eigenvalue weighted by molar-refractivity contribution is -0.135. The number of aliphatic carboxylic acids is 1. The number of nitrogens with one attached hydrogen (secondary N) is 1. The average Bonchev–Trinajstić information content (AvgIpc) is 2.84. The van der Waals surface area contributed by atoms with Crippen molar-refractivity contribution in [2.45, 2.75) is 19.8 Å². The first-order chi connectivity index (χ1) is 9.58. The lowest BCUT2D eigenvalue weighted by Crippen LogP contribution is -2.36. The van der Waals surface area contributed by atoms with Gasteiger partial charge >= 0.3 is 12.1 Å². The molecule has 0 unspecified atom stereocenters. The summed E-state index contributed by atoms with van der Waals surface area (Å²) in [5.41, 5.74) is 0. The van der Waals surface area contributed by atoms with Crippen LogP contribution in [0, 0.1) is 0 Å². The van der Waals surface area contributed by atoms with E-state index in [9.17, 15) is 14.4 Å². The molecule has 1 heterocycles. The molecule has 0 bridgehead atoms. The van der Waals surface area contributed by atoms with E-state index in [2.05, 4.69) is 10.3 Å². The standard InChI is InChI=1S/C11H15N3O5S/c1-2-3-4-19-11(18)14(5-9(16)17)8-6-20-10(13-8)12-7-15/h6-7H,2-5H2,1H3,(H,16,17)(H,12,13,15). The third kappa shape index (κ3) is 4.84. The van der Waals surface area contributed by atoms with Crippen molar-refractivity contribution in [3.05, 3.63) is 5.38 Å². The fraction of sp³-hybridized carbons (Fsp3) is 0.455. The van der Waals surface area contributed by atoms with Crippen LogP contribution in [0.4, 0.5) is 15.7 Å². The predicted molar refractivity (Wildman–Crippen MR) is 73.0 cm³/mol. The fourth-order valence-electron chi connectivity index (χ4n) is 1.26. The van der Waals surface area contributed by atoms with Gasteiger partial charge in [-0.3, -0.25) is 9.59 Å². The number of aromatic nitrogens is 1. The molecule has 0 fully saturated rings. The molecule has 0 spiro atoms. The van der Waals surface area contributed by atoms with E-state index in [1.54, 1.807) is 0 Å². The number of anilines is 2. The van der Waals surface area contributed by atoms with Crippen LogP contribution in [-0.2, 0) is 14.3 Å². The normalized spacial score (nSPS) is 9.85. The minimum Gasteiger partial charge on any atom is -0.480 e. The number of thiazole rings is 1. The Morgan fingerprint density at radius 1 is 1.60 bits per heavy atom. The summed E-state index contributed by atoms with van der Waals surface area (Å²) in [6, 6.07) is 0. The predicted octanol–water partition coefficient (Wildman–Crippen LogP) is 1.54. The van der Waals surface area contributed by atoms with Crippen LogP contribution in [0.5, 0.6) is 0 Å². The van der Waals surface area contributed by atoms with Gasteiger partial charge in [0.05, 0.1) is 6.61 Å². The third-order valence-electron chi connectivity index (χ3n) is 2.19. The van der Waals surface area contributed by atoms with Crippen molar-refractivity contribution in [1.82, 2.24) is 4.98 Å². The average molecular weight is 301 g/mol. The van der Waals surface area contributed by atoms with E-state index in [-0.39, 0.29) is 17.6 Å². The Kier molecular flexibility index (Phi) is 6.44. The van der Waals surface area contributed by atoms with E-state index in [4.69, 9.17) is 9.84 Å². The topological polar surface area (TPSA) is 109 Å². The van der Waals surface area contributed by atoms with Gasteiger partial charge in [-0.1, -0.05) is 13.3 Å². The Labute approximate surface area is 119 Å². The number of carbonyl (C=O) groups excluding carboxylic acids is 2. The fourth-order valence-corrected chi connectivity index (χ4v) is 1.92. The molecule has 0 aliphatic heterocycles. The Hall–Kier alpha value is -2.16. The lowest BCUT2D eigenvalue weighted by Gasteiger charge is -2.17. The van der Waals surface area contributed by atoms with Crippen LogP contribution in [0.1, 0.15) is 19.8 Å². The number of rotatable bonds is 8. The van der Waals surface area contributed by atoms with Crippen molar-refractivity contribution in [1.29, 1.82) is 0 Å². The molecule has 8 nitrogen and oxygen atoms in total. The van der Waals surface area contributed by atoms with Gasteiger partial charge in [0, 0.05) is 5.38 Å². The molecule has 1 aromatic rings. The van der Waals surface area contributed by atoms with Crippen molar-refractivity contribution in [3.63, 3.8) is 0 Å². The maximum absolute atomic E-state index is 11.8. The van der Waals surface area contributed by atoms with Crippen LogP contribution in [0.3, 0.4) is 0 Å². The molecule has 0 aromatic carbocycles. The molecule has 2 amide bonds. The molecule has 1 rings (SSSR count). The van der Waals surface area contributed by atoms with Crippen LogP contribution < -0.4 is 10.2 Å². The molecular formula is C11H15N3O5S. The number of hydrogen-bond acceptors (Lipinski definition) is 6. The van der Waals surface area contributed by atoms with Crippen molar-refractivity contribution in [2.24, 2.45) is 0 Å². The second kappa shape index (κ2) is 8.10. The number of carbonyl (C=O) groups is 3. The number of hydrogen-bond donors (Lipinski definition) is 2. The minimum atomic E-state index is -1.18. The third-order valence-corrected chi connectivity index (χ3v) is 2.95. The number of ether oxygens (including phenoxy) is 1. The molecule has 0 radical (unpaired) electrons. The summed E-state index contributed by atoms with van der Waals surface area (Å²) >= 11 is 1.08. The molecule has 0 aliphatic rings. The Morgan fingerprint density at radius 2 is 2.35 bits per heavy atom. The molecular weight excluding hydrogens is 286 g/mol. The summed E-state index contributed by atoms with van der Waals surface area (Å²) < 4.78 is 4.97. The highest BCUT2D eigenvalue weighted by atomic mass is 32.1. The van der Waals surface area contributed by atoms with E-state index in [1.807, 2.05) is 6.92 Å². The van der Waals surface area contributed by atoms with Crippen LogP contribution >= 0.6 is 11.3 Å². The Balaban J connectivity index is 2.78. The SMILES string of the molecule is CCCCOC(=O)N(CC(=O)O)c1csc(NC=O)n1. The quantitative estimate of drug-likeness (QED) is 0.557. The molecule has 0 atom stereocenters. The van der Waals surface area contributed by atoms with Gasteiger partial charge in [0.15, 0.2) is 10.9 Å². The first kappa shape index (κ1) is 15.9. The lowest BCUT2D eigenvalue weighted by atomic mass is 10.4. The highest BCUT2D eigenvalue weighted by molar-refractivity contribution is 7.14. The zero-order valence-electron chi connectivity index (χ0n) is 10.9. The first-order valence-corrected chi connectivity index (χ1v) is 6.78. The highest BCUT2D eigenvalue weighted by Gasteiger charge is 2.22. The summed E-state index contributed by atoms with van der Waals surface area (Å²) in [5.74, 6) is -1.06. The number of amides is 2. The molecule has 9 heteroatoms. The van der Waals surface area contributed by atoms with Crippen LogP contribution in [0.25, 0.3) is 0 Å². The minimum absolute atomic E-state index is 0.128. The Morgan fingerprint density at radius 3 is 2.95 bits per heavy atom. The highest BCUT2D eigenvalue weighted by Crippen LogP contribution is 2.22. The zero-order chi connectivity index (χ0) is 15.0. The van der Waals surface area contributed by atoms with Crippen LogP contribution in [-0.4, -0.2) is 41.7 Å². The maximum atomic E-state index is 11.8. The number of carboxylic acids is 1. The molecule has 110 valence electrons. The molecule has 1 aromatic heterocycles. The summed E-state index contributed by atoms with van der Waals surface area (Å²) in [6.07, 6.45) is 1.23. The number of unbranched alkanes of at least 4 members (excludes halogenated alkanes) is 1. The second-order valence-electron chi connectivity index (χ2n) is 3.72. The van der Waals surface area contributed by atoms with E-state index >= 15 is 0 Å². The van der Waals surface area contributed by atoms with Crippen molar-refractivity contribution >= 4 is 40.8 Å². The van der Waals surface area contributed by atoms with Gasteiger partial charge in [-0.2, -0.15) is 0 Å². The van der Waals surface area contributed by atoms with Crippen molar-refractivity contribution in [3.8, 4) is 0 Å². The van der Waals surface area contributed by atoms with Gasteiger partial charge < -0.3 is 15.2 Å². The molecule has 0 saturated carbocycles. The largest absolute Gasteiger partial charge is 0.480 e. The first-order valence-electron chi connectivity index (χ1n) is 5.90. The van der Waals surface area contributed by atoms with Gasteiger partial charge in [0.25, 0.3) is 0 Å². The van der Waals surface area contributed by atoms with Gasteiger partial charge in [0.1, 0.15) is 6.54 Å². The van der Waals surface area contributed by atoms with Gasteiger partial charge in [-0.05, 0) is 6.42 Å². The van der Waals surface area contributed by atoms with E-state index in [0.29, 0.717) is 12.8 Å². The molecule has 0 saturated heterocycles. The number of nitrogens with zero attached hydrogens (tertiary/aromatic N) is 2. The monoisotopic (exact) mass is 301 g/mol. The summed E-state index contributed by atoms with van der Waals surface area (Å²) in [4.78, 5) is 37.8. The molecule has 20 heavy (non-hydrogen) atoms. The molecule has 2 N–H and O–H groups in total. The van der Waals surface area contributed by atoms with Gasteiger partial charge in [0.2, 0.25) is 6.41 Å². The van der Waals surface area contributed by atoms with Gasteiger partial charge in [-0.15, -0.1) is 11.3 Å². The van der Waals surface area contributed by atoms with E-state index in [0.717, 1.165) is 22.7 Å². The van der Waals surface area contributed by atoms with Crippen molar-refractivity contribution < 1.29 is 24.2 Å². The Bertz CT molecular complexity index is 476. The molecule has 0 aliphatic carbocycles.